The number of methoxy groups -OCH3 is 1. The number of amides is 2. The summed E-state index contributed by atoms with van der Waals surface area (Å²) in [6.45, 7) is 1.74. The van der Waals surface area contributed by atoms with Crippen molar-refractivity contribution in [2.75, 3.05) is 25.6 Å². The maximum absolute atomic E-state index is 12.2. The summed E-state index contributed by atoms with van der Waals surface area (Å²) in [5.74, 6) is -0.882. The van der Waals surface area contributed by atoms with E-state index >= 15 is 0 Å². The van der Waals surface area contributed by atoms with Gasteiger partial charge in [-0.2, -0.15) is 5.10 Å². The Hall–Kier alpha value is -2.09. The molecule has 0 spiro atoms. The maximum atomic E-state index is 12.2. The van der Waals surface area contributed by atoms with Crippen LogP contribution in [0.15, 0.2) is 12.4 Å². The molecule has 0 aromatic carbocycles. The van der Waals surface area contributed by atoms with Gasteiger partial charge in [-0.25, -0.2) is 4.79 Å². The maximum Gasteiger partial charge on any atom is 0.322 e. The van der Waals surface area contributed by atoms with Crippen molar-refractivity contribution in [1.29, 1.82) is 0 Å². The van der Waals surface area contributed by atoms with E-state index in [1.54, 1.807) is 29.1 Å². The van der Waals surface area contributed by atoms with Gasteiger partial charge >= 0.3 is 12.0 Å². The second-order valence-corrected chi connectivity index (χ2v) is 5.00. The Morgan fingerprint density at radius 2 is 2.38 bits per heavy atom. The molecule has 0 aliphatic carbocycles. The van der Waals surface area contributed by atoms with Crippen molar-refractivity contribution in [1.82, 2.24) is 14.7 Å². The Morgan fingerprint density at radius 1 is 1.57 bits per heavy atom. The van der Waals surface area contributed by atoms with Gasteiger partial charge in [0, 0.05) is 25.9 Å². The molecule has 1 aromatic heterocycles. The van der Waals surface area contributed by atoms with Crippen molar-refractivity contribution in [3.63, 3.8) is 0 Å². The molecule has 8 nitrogen and oxygen atoms in total. The van der Waals surface area contributed by atoms with Gasteiger partial charge in [-0.05, 0) is 12.8 Å². The van der Waals surface area contributed by atoms with Crippen LogP contribution >= 0.6 is 0 Å². The van der Waals surface area contributed by atoms with Gasteiger partial charge in [0.25, 0.3) is 0 Å². The van der Waals surface area contributed by atoms with Crippen LogP contribution in [0.3, 0.4) is 0 Å². The number of carbonyl (C=O) groups is 2. The Balaban J connectivity index is 1.91. The Bertz CT molecular complexity index is 502. The van der Waals surface area contributed by atoms with Gasteiger partial charge in [0.2, 0.25) is 0 Å². The van der Waals surface area contributed by atoms with E-state index in [1.165, 1.54) is 0 Å². The average Bonchev–Trinajstić information content (AvgIpc) is 3.05. The first-order valence-corrected chi connectivity index (χ1v) is 6.91. The van der Waals surface area contributed by atoms with Crippen LogP contribution < -0.4 is 5.32 Å². The molecule has 1 unspecified atom stereocenters. The Labute approximate surface area is 122 Å². The minimum Gasteiger partial charge on any atom is -0.481 e. The number of ether oxygens (including phenoxy) is 1. The zero-order chi connectivity index (χ0) is 15.2. The van der Waals surface area contributed by atoms with Gasteiger partial charge in [0.15, 0.2) is 0 Å². The van der Waals surface area contributed by atoms with Gasteiger partial charge in [0.1, 0.15) is 0 Å². The second kappa shape index (κ2) is 7.07. The van der Waals surface area contributed by atoms with Crippen molar-refractivity contribution in [3.8, 4) is 0 Å². The third kappa shape index (κ3) is 4.19. The topological polar surface area (TPSA) is 96.7 Å². The van der Waals surface area contributed by atoms with E-state index in [1.807, 2.05) is 0 Å². The van der Waals surface area contributed by atoms with E-state index in [9.17, 15) is 9.59 Å². The lowest BCUT2D eigenvalue weighted by molar-refractivity contribution is -0.137. The first kappa shape index (κ1) is 15.3. The van der Waals surface area contributed by atoms with Crippen LogP contribution in [0.25, 0.3) is 0 Å². The summed E-state index contributed by atoms with van der Waals surface area (Å²) in [5.41, 5.74) is 0.595. The fraction of sp³-hybridized carbons (Fsp3) is 0.615. The van der Waals surface area contributed by atoms with Gasteiger partial charge in [-0.1, -0.05) is 0 Å². The van der Waals surface area contributed by atoms with Crippen molar-refractivity contribution in [2.45, 2.75) is 31.8 Å². The molecule has 21 heavy (non-hydrogen) atoms. The average molecular weight is 296 g/mol. The Kier molecular flexibility index (Phi) is 5.15. The lowest BCUT2D eigenvalue weighted by Crippen LogP contribution is -2.39. The van der Waals surface area contributed by atoms with Crippen LogP contribution in [-0.4, -0.2) is 58.1 Å². The fourth-order valence-electron chi connectivity index (χ4n) is 2.45. The number of carbonyl (C=O) groups excluding carboxylic acids is 1. The largest absolute Gasteiger partial charge is 0.481 e. The van der Waals surface area contributed by atoms with Gasteiger partial charge in [0.05, 0.1) is 31.5 Å². The van der Waals surface area contributed by atoms with Crippen LogP contribution in [0, 0.1) is 0 Å². The molecular weight excluding hydrogens is 276 g/mol. The highest BCUT2D eigenvalue weighted by molar-refractivity contribution is 5.89. The molecular formula is C13H20N4O4. The molecule has 1 fully saturated rings. The first-order chi connectivity index (χ1) is 10.1. The number of nitrogens with zero attached hydrogens (tertiary/aromatic N) is 3. The van der Waals surface area contributed by atoms with E-state index in [0.29, 0.717) is 25.4 Å². The van der Waals surface area contributed by atoms with Crippen molar-refractivity contribution < 1.29 is 19.4 Å². The fourth-order valence-corrected chi connectivity index (χ4v) is 2.45. The lowest BCUT2D eigenvalue weighted by atomic mass is 10.1. The summed E-state index contributed by atoms with van der Waals surface area (Å²) >= 11 is 0. The number of rotatable bonds is 6. The monoisotopic (exact) mass is 296 g/mol. The van der Waals surface area contributed by atoms with Crippen LogP contribution in [0.1, 0.15) is 19.3 Å². The number of carboxylic acid groups (broad SMARTS) is 1. The molecule has 1 aliphatic rings. The van der Waals surface area contributed by atoms with E-state index in [0.717, 1.165) is 12.8 Å². The molecule has 1 aromatic rings. The summed E-state index contributed by atoms with van der Waals surface area (Å²) in [6, 6.07) is -0.504. The third-order valence-electron chi connectivity index (χ3n) is 3.46. The molecule has 2 rings (SSSR count). The summed E-state index contributed by atoms with van der Waals surface area (Å²) in [6.07, 6.45) is 4.83. The quantitative estimate of drug-likeness (QED) is 0.816. The summed E-state index contributed by atoms with van der Waals surface area (Å²) in [4.78, 5) is 24.6. The van der Waals surface area contributed by atoms with Crippen LogP contribution in [-0.2, 0) is 16.1 Å². The van der Waals surface area contributed by atoms with Crippen molar-refractivity contribution in [3.05, 3.63) is 12.4 Å². The number of aliphatic carboxylic acids is 1. The molecule has 1 atom stereocenters. The molecule has 2 heterocycles. The van der Waals surface area contributed by atoms with Crippen LogP contribution in [0.4, 0.5) is 10.5 Å². The lowest BCUT2D eigenvalue weighted by Gasteiger charge is -2.23. The third-order valence-corrected chi connectivity index (χ3v) is 3.46. The summed E-state index contributed by atoms with van der Waals surface area (Å²) in [5, 5.41) is 15.7. The molecule has 116 valence electrons. The number of aromatic nitrogens is 2. The molecule has 2 N–H and O–H groups in total. The number of hydrogen-bond donors (Lipinski definition) is 2. The molecule has 2 amide bonds. The number of nitrogens with one attached hydrogen (secondary N) is 1. The standard InChI is InChI=1S/C13H20N4O4/c1-21-6-5-16-9-10(8-14-16)15-13(20)17-4-2-3-11(17)7-12(18)19/h8-9,11H,2-7H2,1H3,(H,15,20)(H,18,19). The molecule has 0 saturated carbocycles. The van der Waals surface area contributed by atoms with Gasteiger partial charge in [-0.15, -0.1) is 0 Å². The highest BCUT2D eigenvalue weighted by atomic mass is 16.5. The summed E-state index contributed by atoms with van der Waals surface area (Å²) in [7, 11) is 1.61. The zero-order valence-corrected chi connectivity index (χ0v) is 12.0. The van der Waals surface area contributed by atoms with E-state index in [4.69, 9.17) is 9.84 Å². The van der Waals surface area contributed by atoms with Crippen molar-refractivity contribution in [2.24, 2.45) is 0 Å². The number of carboxylic acids is 1. The molecule has 1 saturated heterocycles. The highest BCUT2D eigenvalue weighted by Crippen LogP contribution is 2.21. The van der Waals surface area contributed by atoms with Crippen molar-refractivity contribution >= 4 is 17.7 Å². The predicted octanol–water partition coefficient (Wildman–Crippen LogP) is 1.00. The minimum atomic E-state index is -0.882. The smallest absolute Gasteiger partial charge is 0.322 e. The minimum absolute atomic E-state index is 0.0134. The van der Waals surface area contributed by atoms with E-state index in [-0.39, 0.29) is 18.5 Å². The predicted molar refractivity (Wildman–Crippen MR) is 75.1 cm³/mol. The normalized spacial score (nSPS) is 18.0. The molecule has 0 radical (unpaired) electrons. The summed E-state index contributed by atoms with van der Waals surface area (Å²) < 4.78 is 6.63. The number of anilines is 1. The van der Waals surface area contributed by atoms with E-state index in [2.05, 4.69) is 10.4 Å². The Morgan fingerprint density at radius 3 is 3.10 bits per heavy atom. The van der Waals surface area contributed by atoms with Gasteiger partial charge in [-0.3, -0.25) is 9.48 Å². The number of likely N-dealkylation sites (tertiary alicyclic amines) is 1. The van der Waals surface area contributed by atoms with Crippen LogP contribution in [0.5, 0.6) is 0 Å². The molecule has 0 bridgehead atoms. The molecule has 8 heteroatoms. The number of hydrogen-bond acceptors (Lipinski definition) is 4. The van der Waals surface area contributed by atoms with Gasteiger partial charge < -0.3 is 20.1 Å². The zero-order valence-electron chi connectivity index (χ0n) is 12.0. The molecule has 1 aliphatic heterocycles. The highest BCUT2D eigenvalue weighted by Gasteiger charge is 2.30. The second-order valence-electron chi connectivity index (χ2n) is 5.00. The SMILES string of the molecule is COCCn1cc(NC(=O)N2CCCC2CC(=O)O)cn1. The van der Waals surface area contributed by atoms with Crippen LogP contribution in [0.2, 0.25) is 0 Å². The number of urea groups is 1. The first-order valence-electron chi connectivity index (χ1n) is 6.91. The van der Waals surface area contributed by atoms with E-state index < -0.39 is 5.97 Å².